The van der Waals surface area contributed by atoms with Gasteiger partial charge in [0.2, 0.25) is 18.1 Å². The monoisotopic (exact) mass is 610 g/mol. The molecule has 2 aliphatic rings. The van der Waals surface area contributed by atoms with Crippen LogP contribution in [0.2, 0.25) is 0 Å². The molecule has 0 aliphatic carbocycles. The van der Waals surface area contributed by atoms with E-state index in [1.165, 1.54) is 22.3 Å². The summed E-state index contributed by atoms with van der Waals surface area (Å²) in [5.41, 5.74) is 4.98. The molecule has 2 atom stereocenters. The molecule has 0 aromatic heterocycles. The summed E-state index contributed by atoms with van der Waals surface area (Å²) in [5.74, 6) is 1.64. The maximum atomic E-state index is 5.84. The summed E-state index contributed by atoms with van der Waals surface area (Å²) < 4.78 is 33.7. The van der Waals surface area contributed by atoms with Crippen LogP contribution in [0.25, 0.3) is 0 Å². The van der Waals surface area contributed by atoms with Gasteiger partial charge in [0, 0.05) is 21.7 Å². The Hall–Kier alpha value is -2.04. The molecule has 0 radical (unpaired) electrons. The predicted molar refractivity (Wildman–Crippen MR) is 171 cm³/mol. The second-order valence-electron chi connectivity index (χ2n) is 13.4. The lowest BCUT2D eigenvalue weighted by molar-refractivity contribution is -0.119. The number of benzene rings is 3. The molecule has 0 saturated carbocycles. The van der Waals surface area contributed by atoms with Crippen LogP contribution >= 0.6 is 18.1 Å². The van der Waals surface area contributed by atoms with Gasteiger partial charge in [-0.05, 0) is 46.5 Å². The summed E-state index contributed by atoms with van der Waals surface area (Å²) in [5, 5.41) is 0. The number of hydrogen-bond acceptors (Lipinski definition) is 6. The SMILES string of the molecule is CC1(COPOc2ccc(C(C)(C)c3ccc(C(C)(C)c4ccc(OPOCC5(C)COC5)cc4)cc3)cc2)COC1. The van der Waals surface area contributed by atoms with E-state index in [2.05, 4.69) is 90.1 Å². The highest BCUT2D eigenvalue weighted by Crippen LogP contribution is 2.38. The van der Waals surface area contributed by atoms with E-state index in [1.54, 1.807) is 0 Å². The molecule has 2 unspecified atom stereocenters. The molecule has 42 heavy (non-hydrogen) atoms. The maximum Gasteiger partial charge on any atom is 0.215 e. The summed E-state index contributed by atoms with van der Waals surface area (Å²) in [6.07, 6.45) is 0. The van der Waals surface area contributed by atoms with Crippen molar-refractivity contribution in [3.63, 3.8) is 0 Å². The van der Waals surface area contributed by atoms with Crippen LogP contribution in [-0.2, 0) is 29.4 Å². The largest absolute Gasteiger partial charge is 0.450 e. The molecule has 3 aromatic rings. The molecular weight excluding hydrogens is 566 g/mol. The zero-order chi connectivity index (χ0) is 29.8. The molecule has 2 heterocycles. The van der Waals surface area contributed by atoms with Crippen molar-refractivity contribution in [1.29, 1.82) is 0 Å². The molecule has 6 nitrogen and oxygen atoms in total. The highest BCUT2D eigenvalue weighted by molar-refractivity contribution is 7.26. The lowest BCUT2D eigenvalue weighted by atomic mass is 9.74. The first-order chi connectivity index (χ1) is 20.0. The topological polar surface area (TPSA) is 55.4 Å². The lowest BCUT2D eigenvalue weighted by Gasteiger charge is -2.37. The fourth-order valence-electron chi connectivity index (χ4n) is 5.15. The molecule has 2 fully saturated rings. The van der Waals surface area contributed by atoms with Gasteiger partial charge in [-0.2, -0.15) is 0 Å². The molecular formula is C34H44O6P2. The molecule has 3 aromatic carbocycles. The van der Waals surface area contributed by atoms with Gasteiger partial charge in [-0.3, -0.25) is 0 Å². The van der Waals surface area contributed by atoms with Crippen LogP contribution in [0.15, 0.2) is 72.8 Å². The van der Waals surface area contributed by atoms with Gasteiger partial charge in [-0.25, -0.2) is 0 Å². The molecule has 5 rings (SSSR count). The minimum atomic E-state index is -0.149. The Labute approximate surface area is 254 Å². The van der Waals surface area contributed by atoms with E-state index in [4.69, 9.17) is 27.6 Å². The third-order valence-electron chi connectivity index (χ3n) is 8.56. The quantitative estimate of drug-likeness (QED) is 0.135. The average Bonchev–Trinajstić information content (AvgIpc) is 2.96. The first kappa shape index (κ1) is 31.4. The minimum Gasteiger partial charge on any atom is -0.450 e. The summed E-state index contributed by atoms with van der Waals surface area (Å²) in [6.45, 7) is 17.8. The van der Waals surface area contributed by atoms with Crippen LogP contribution in [0.5, 0.6) is 11.5 Å². The van der Waals surface area contributed by atoms with E-state index in [1.807, 2.05) is 24.3 Å². The zero-order valence-electron chi connectivity index (χ0n) is 25.6. The second kappa shape index (κ2) is 12.9. The average molecular weight is 611 g/mol. The first-order valence-electron chi connectivity index (χ1n) is 14.5. The van der Waals surface area contributed by atoms with Gasteiger partial charge in [0.05, 0.1) is 39.6 Å². The maximum absolute atomic E-state index is 5.84. The number of ether oxygens (including phenoxy) is 2. The van der Waals surface area contributed by atoms with Gasteiger partial charge in [-0.1, -0.05) is 90.1 Å². The van der Waals surface area contributed by atoms with Crippen molar-refractivity contribution in [2.45, 2.75) is 52.4 Å². The molecule has 0 amide bonds. The fraction of sp³-hybridized carbons (Fsp3) is 0.471. The summed E-state index contributed by atoms with van der Waals surface area (Å²) in [6, 6.07) is 25.7. The van der Waals surface area contributed by atoms with Gasteiger partial charge in [0.15, 0.2) is 0 Å². The molecule has 2 saturated heterocycles. The van der Waals surface area contributed by atoms with Gasteiger partial charge in [0.25, 0.3) is 0 Å². The molecule has 0 bridgehead atoms. The molecule has 226 valence electrons. The Morgan fingerprint density at radius 2 is 0.833 bits per heavy atom. The van der Waals surface area contributed by atoms with E-state index >= 15 is 0 Å². The van der Waals surface area contributed by atoms with Crippen molar-refractivity contribution >= 4 is 18.1 Å². The molecule has 8 heteroatoms. The fourth-order valence-corrected chi connectivity index (χ4v) is 6.54. The summed E-state index contributed by atoms with van der Waals surface area (Å²) >= 11 is 0. The smallest absolute Gasteiger partial charge is 0.215 e. The van der Waals surface area contributed by atoms with Crippen LogP contribution in [0.1, 0.15) is 63.8 Å². The Balaban J connectivity index is 1.14. The summed E-state index contributed by atoms with van der Waals surface area (Å²) in [7, 11) is -0.0317. The predicted octanol–water partition coefficient (Wildman–Crippen LogP) is 8.22. The normalized spacial score (nSPS) is 18.2. The summed E-state index contributed by atoms with van der Waals surface area (Å²) in [4.78, 5) is 0. The third-order valence-corrected chi connectivity index (χ3v) is 9.72. The van der Waals surface area contributed by atoms with Crippen LogP contribution in [0.3, 0.4) is 0 Å². The highest BCUT2D eigenvalue weighted by atomic mass is 31.1. The zero-order valence-corrected chi connectivity index (χ0v) is 27.6. The van der Waals surface area contributed by atoms with E-state index in [-0.39, 0.29) is 39.7 Å². The van der Waals surface area contributed by atoms with Gasteiger partial charge in [-0.15, -0.1) is 0 Å². The van der Waals surface area contributed by atoms with Crippen molar-refractivity contribution in [3.05, 3.63) is 95.1 Å². The van der Waals surface area contributed by atoms with Crippen LogP contribution in [0.4, 0.5) is 0 Å². The van der Waals surface area contributed by atoms with Crippen LogP contribution in [-0.4, -0.2) is 39.6 Å². The lowest BCUT2D eigenvalue weighted by Crippen LogP contribution is -2.42. The Kier molecular flexibility index (Phi) is 9.64. The van der Waals surface area contributed by atoms with Gasteiger partial charge < -0.3 is 27.6 Å². The Morgan fingerprint density at radius 3 is 1.10 bits per heavy atom. The second-order valence-corrected chi connectivity index (χ2v) is 14.8. The first-order valence-corrected chi connectivity index (χ1v) is 16.2. The van der Waals surface area contributed by atoms with E-state index < -0.39 is 0 Å². The Bertz CT molecular complexity index is 1190. The van der Waals surface area contributed by atoms with Gasteiger partial charge in [0.1, 0.15) is 11.5 Å². The Morgan fingerprint density at radius 1 is 0.548 bits per heavy atom. The van der Waals surface area contributed by atoms with Crippen molar-refractivity contribution in [3.8, 4) is 11.5 Å². The molecule has 0 spiro atoms. The van der Waals surface area contributed by atoms with Gasteiger partial charge >= 0.3 is 0 Å². The highest BCUT2D eigenvalue weighted by Gasteiger charge is 2.34. The van der Waals surface area contributed by atoms with E-state index in [0.29, 0.717) is 13.2 Å². The van der Waals surface area contributed by atoms with Crippen molar-refractivity contribution in [1.82, 2.24) is 0 Å². The van der Waals surface area contributed by atoms with Crippen LogP contribution < -0.4 is 9.05 Å². The van der Waals surface area contributed by atoms with E-state index in [0.717, 1.165) is 37.9 Å². The third kappa shape index (κ3) is 7.36. The molecule has 0 N–H and O–H groups in total. The van der Waals surface area contributed by atoms with E-state index in [9.17, 15) is 0 Å². The minimum absolute atomic E-state index is 0.0159. The van der Waals surface area contributed by atoms with Crippen molar-refractivity contribution < 1.29 is 27.6 Å². The number of hydrogen-bond donors (Lipinski definition) is 0. The number of rotatable bonds is 14. The van der Waals surface area contributed by atoms with Crippen LogP contribution in [0, 0.1) is 10.8 Å². The standard InChI is InChI=1S/C34H44O6P2/c1-31(2,27-11-15-29(16-12-27)39-41-37-23-33(5)19-35-20-33)25-7-9-26(10-8-25)32(3,4)28-13-17-30(18-14-28)40-42-38-24-34(6)21-36-22-34/h7-18,41-42H,19-24H2,1-6H3. The van der Waals surface area contributed by atoms with Crippen molar-refractivity contribution in [2.24, 2.45) is 10.8 Å². The van der Waals surface area contributed by atoms with Crippen molar-refractivity contribution in [2.75, 3.05) is 39.6 Å². The molecule has 2 aliphatic heterocycles.